The number of hydrogen-bond acceptors (Lipinski definition) is 6. The molecule has 0 spiro atoms. The van der Waals surface area contributed by atoms with E-state index in [-0.39, 0.29) is 12.6 Å². The maximum atomic E-state index is 11.8. The molecule has 0 aromatic heterocycles. The van der Waals surface area contributed by atoms with Crippen molar-refractivity contribution in [3.8, 4) is 0 Å². The summed E-state index contributed by atoms with van der Waals surface area (Å²) in [5, 5.41) is 9.21. The van der Waals surface area contributed by atoms with Crippen LogP contribution in [0.1, 0.15) is 162 Å². The number of carboxylic acid groups (broad SMARTS) is 1. The lowest BCUT2D eigenvalue weighted by atomic mass is 10.0. The Kier molecular flexibility index (Phi) is 28.6. The van der Waals surface area contributed by atoms with E-state index in [0.29, 0.717) is 19.6 Å². The number of carboxylic acids is 1. The van der Waals surface area contributed by atoms with Crippen molar-refractivity contribution in [2.45, 2.75) is 173 Å². The second-order valence-corrected chi connectivity index (χ2v) is 13.5. The Balaban J connectivity index is 4.18. The normalized spacial score (nSPS) is 13.2. The summed E-state index contributed by atoms with van der Waals surface area (Å²) < 4.78 is 43.2. The Hall–Kier alpha value is -1.23. The molecule has 0 aromatic rings. The van der Waals surface area contributed by atoms with E-state index in [2.05, 4.69) is 19.2 Å². The molecule has 1 amide bonds. The van der Waals surface area contributed by atoms with Crippen LogP contribution in [0.4, 0.5) is 0 Å². The number of nitrogens with one attached hydrogen (secondary N) is 1. The molecule has 0 saturated carbocycles. The fourth-order valence-corrected chi connectivity index (χ4v) is 5.73. The van der Waals surface area contributed by atoms with Gasteiger partial charge < -0.3 is 19.9 Å². The first-order valence-electron chi connectivity index (χ1n) is 17.4. The van der Waals surface area contributed by atoms with Gasteiger partial charge in [0.25, 0.3) is 10.1 Å². The van der Waals surface area contributed by atoms with Gasteiger partial charge >= 0.3 is 5.97 Å². The molecule has 0 saturated heterocycles. The molecule has 0 heterocycles. The van der Waals surface area contributed by atoms with Crippen molar-refractivity contribution in [2.75, 3.05) is 26.4 Å². The highest BCUT2D eigenvalue weighted by Gasteiger charge is 2.33. The van der Waals surface area contributed by atoms with Gasteiger partial charge in [-0.25, -0.2) is 0 Å². The first-order chi connectivity index (χ1) is 20.7. The SMILES string of the molecule is CCCCCCCCCCCCOC(CCCCCCCCCCC)CCOCCCNC(=O)CC(C(=O)O)S(=O)(=O)O. The summed E-state index contributed by atoms with van der Waals surface area (Å²) in [4.78, 5) is 22.8. The van der Waals surface area contributed by atoms with Crippen molar-refractivity contribution in [1.29, 1.82) is 0 Å². The molecule has 0 aliphatic carbocycles. The largest absolute Gasteiger partial charge is 0.480 e. The molecule has 0 rings (SSSR count). The van der Waals surface area contributed by atoms with Crippen molar-refractivity contribution in [1.82, 2.24) is 5.32 Å². The van der Waals surface area contributed by atoms with E-state index in [9.17, 15) is 18.0 Å². The van der Waals surface area contributed by atoms with Crippen LogP contribution in [-0.4, -0.2) is 67.7 Å². The van der Waals surface area contributed by atoms with E-state index in [0.717, 1.165) is 25.9 Å². The van der Waals surface area contributed by atoms with Gasteiger partial charge in [0.1, 0.15) is 0 Å². The van der Waals surface area contributed by atoms with Crippen LogP contribution < -0.4 is 5.32 Å². The zero-order valence-electron chi connectivity index (χ0n) is 27.5. The Morgan fingerprint density at radius 3 is 1.63 bits per heavy atom. The van der Waals surface area contributed by atoms with Crippen LogP contribution >= 0.6 is 0 Å². The number of aliphatic carboxylic acids is 1. The van der Waals surface area contributed by atoms with E-state index in [1.807, 2.05) is 0 Å². The Morgan fingerprint density at radius 2 is 1.14 bits per heavy atom. The third-order valence-electron chi connectivity index (χ3n) is 7.86. The number of ether oxygens (including phenoxy) is 2. The van der Waals surface area contributed by atoms with Gasteiger partial charge in [0.2, 0.25) is 5.91 Å². The van der Waals surface area contributed by atoms with Crippen molar-refractivity contribution in [3.05, 3.63) is 0 Å². The van der Waals surface area contributed by atoms with Crippen LogP contribution in [0.25, 0.3) is 0 Å². The Bertz CT molecular complexity index is 762. The van der Waals surface area contributed by atoms with Crippen LogP contribution in [0.2, 0.25) is 0 Å². The Morgan fingerprint density at radius 1 is 0.651 bits per heavy atom. The van der Waals surface area contributed by atoms with Gasteiger partial charge in [-0.05, 0) is 25.7 Å². The third-order valence-corrected chi connectivity index (χ3v) is 8.95. The summed E-state index contributed by atoms with van der Waals surface area (Å²) in [6.45, 7) is 6.52. The molecule has 0 fully saturated rings. The van der Waals surface area contributed by atoms with Gasteiger partial charge in [-0.3, -0.25) is 14.1 Å². The van der Waals surface area contributed by atoms with Crippen LogP contribution in [0.5, 0.6) is 0 Å². The lowest BCUT2D eigenvalue weighted by Crippen LogP contribution is -2.36. The fraction of sp³-hybridized carbons (Fsp3) is 0.939. The molecule has 3 N–H and O–H groups in total. The maximum absolute atomic E-state index is 11.8. The maximum Gasteiger partial charge on any atom is 0.324 e. The van der Waals surface area contributed by atoms with Crippen LogP contribution in [0.3, 0.4) is 0 Å². The molecule has 0 aliphatic rings. The number of hydrogen-bond donors (Lipinski definition) is 3. The molecule has 0 aliphatic heterocycles. The summed E-state index contributed by atoms with van der Waals surface area (Å²) in [7, 11) is -4.84. The number of carbonyl (C=O) groups excluding carboxylic acids is 1. The smallest absolute Gasteiger partial charge is 0.324 e. The molecule has 0 aromatic carbocycles. The van der Waals surface area contributed by atoms with E-state index < -0.39 is 33.7 Å². The zero-order valence-corrected chi connectivity index (χ0v) is 28.3. The average molecular weight is 636 g/mol. The van der Waals surface area contributed by atoms with Gasteiger partial charge in [-0.1, -0.05) is 129 Å². The predicted molar refractivity (Wildman–Crippen MR) is 174 cm³/mol. The molecule has 2 unspecified atom stereocenters. The topological polar surface area (TPSA) is 139 Å². The van der Waals surface area contributed by atoms with Gasteiger partial charge in [0.05, 0.1) is 12.5 Å². The van der Waals surface area contributed by atoms with Gasteiger partial charge in [-0.2, -0.15) is 8.42 Å². The predicted octanol–water partition coefficient (Wildman–Crippen LogP) is 7.86. The molecular weight excluding hydrogens is 570 g/mol. The summed E-state index contributed by atoms with van der Waals surface area (Å²) in [5.41, 5.74) is 0. The molecule has 2 atom stereocenters. The standard InChI is InChI=1S/C33H65NO8S/c1-3-5-7-9-11-13-15-17-19-21-27-42-30(23-20-18-16-14-12-10-8-6-4-2)24-28-41-26-22-25-34-32(35)29-31(33(36)37)43(38,39)40/h30-31H,3-29H2,1-2H3,(H,34,35)(H,36,37)(H,38,39,40). The monoisotopic (exact) mass is 635 g/mol. The summed E-state index contributed by atoms with van der Waals surface area (Å²) in [6.07, 6.45) is 26.5. The van der Waals surface area contributed by atoms with Crippen molar-refractivity contribution in [2.24, 2.45) is 0 Å². The molecular formula is C33H65NO8S. The number of rotatable bonds is 33. The molecule has 0 radical (unpaired) electrons. The first kappa shape index (κ1) is 41.8. The molecule has 9 nitrogen and oxygen atoms in total. The van der Waals surface area contributed by atoms with E-state index in [1.54, 1.807) is 0 Å². The Labute approximate surface area is 263 Å². The second kappa shape index (κ2) is 29.5. The van der Waals surface area contributed by atoms with Crippen LogP contribution in [0.15, 0.2) is 0 Å². The van der Waals surface area contributed by atoms with Crippen molar-refractivity contribution < 1.29 is 37.1 Å². The number of carbonyl (C=O) groups is 2. The number of unbranched alkanes of at least 4 members (excludes halogenated alkanes) is 17. The zero-order chi connectivity index (χ0) is 32.0. The molecule has 43 heavy (non-hydrogen) atoms. The lowest BCUT2D eigenvalue weighted by molar-refractivity contribution is -0.138. The minimum Gasteiger partial charge on any atom is -0.480 e. The highest BCUT2D eigenvalue weighted by atomic mass is 32.2. The van der Waals surface area contributed by atoms with Crippen LogP contribution in [0, 0.1) is 0 Å². The third kappa shape index (κ3) is 28.0. The minimum absolute atomic E-state index is 0.191. The molecule has 256 valence electrons. The molecule has 10 heteroatoms. The summed E-state index contributed by atoms with van der Waals surface area (Å²) in [6, 6.07) is 0. The average Bonchev–Trinajstić information content (AvgIpc) is 2.96. The summed E-state index contributed by atoms with van der Waals surface area (Å²) >= 11 is 0. The fourth-order valence-electron chi connectivity index (χ4n) is 5.11. The van der Waals surface area contributed by atoms with Gasteiger partial charge in [0, 0.05) is 26.4 Å². The number of amides is 1. The van der Waals surface area contributed by atoms with Gasteiger partial charge in [-0.15, -0.1) is 0 Å². The molecule has 0 bridgehead atoms. The van der Waals surface area contributed by atoms with Crippen LogP contribution in [-0.2, 0) is 29.2 Å². The highest BCUT2D eigenvalue weighted by Crippen LogP contribution is 2.16. The lowest BCUT2D eigenvalue weighted by Gasteiger charge is -2.18. The van der Waals surface area contributed by atoms with Gasteiger partial charge in [0.15, 0.2) is 5.25 Å². The van der Waals surface area contributed by atoms with E-state index >= 15 is 0 Å². The van der Waals surface area contributed by atoms with E-state index in [1.165, 1.54) is 116 Å². The summed E-state index contributed by atoms with van der Waals surface area (Å²) in [5.74, 6) is -2.50. The second-order valence-electron chi connectivity index (χ2n) is 11.9. The first-order valence-corrected chi connectivity index (χ1v) is 18.9. The van der Waals surface area contributed by atoms with E-state index in [4.69, 9.17) is 19.1 Å². The van der Waals surface area contributed by atoms with Crippen molar-refractivity contribution >= 4 is 22.0 Å². The quantitative estimate of drug-likeness (QED) is 0.0489. The minimum atomic E-state index is -4.84. The highest BCUT2D eigenvalue weighted by molar-refractivity contribution is 7.87. The van der Waals surface area contributed by atoms with Crippen molar-refractivity contribution in [3.63, 3.8) is 0 Å².